The van der Waals surface area contributed by atoms with E-state index in [2.05, 4.69) is 0 Å². The Balaban J connectivity index is 2.12. The summed E-state index contributed by atoms with van der Waals surface area (Å²) in [6, 6.07) is 21.7. The molecule has 9 heteroatoms. The first-order chi connectivity index (χ1) is 14.5. The standard InChI is InChI=1S/C21H22N2O6P/c1-25-21(19-12-6-3-7-13-19)20(18-10-4-2-5-11-18)28-30(24,29-21,26-16-8-14-22)27-17-9-15-23/h2-7,10-13,20H,8-9,16-17H2,1H3/q-1. The fraction of sp³-hybridized carbons (Fsp3) is 0.333. The summed E-state index contributed by atoms with van der Waals surface area (Å²) in [6.07, 6.45) is -1.13. The topological polar surface area (TPSA) is 117 Å². The van der Waals surface area contributed by atoms with Crippen molar-refractivity contribution in [2.75, 3.05) is 20.3 Å². The molecule has 0 bridgehead atoms. The Morgan fingerprint density at radius 3 is 2.00 bits per heavy atom. The number of hydrogen-bond donors (Lipinski definition) is 0. The monoisotopic (exact) mass is 429 g/mol. The number of ether oxygens (including phenoxy) is 1. The summed E-state index contributed by atoms with van der Waals surface area (Å²) in [6.45, 7) is -0.499. The average Bonchev–Trinajstić information content (AvgIpc) is 3.07. The normalized spacial score (nSPS) is 25.5. The van der Waals surface area contributed by atoms with Crippen LogP contribution in [0, 0.1) is 22.7 Å². The van der Waals surface area contributed by atoms with Gasteiger partial charge < -0.3 is 0 Å². The van der Waals surface area contributed by atoms with Gasteiger partial charge in [-0.2, -0.15) is 0 Å². The second kappa shape index (κ2) is 9.18. The van der Waals surface area contributed by atoms with Gasteiger partial charge in [-0.05, 0) is 0 Å². The molecule has 2 aromatic carbocycles. The van der Waals surface area contributed by atoms with Gasteiger partial charge in [-0.25, -0.2) is 0 Å². The van der Waals surface area contributed by atoms with Gasteiger partial charge in [0.1, 0.15) is 0 Å². The van der Waals surface area contributed by atoms with Crippen LogP contribution in [0.1, 0.15) is 30.1 Å². The fourth-order valence-corrected chi connectivity index (χ4v) is 5.66. The van der Waals surface area contributed by atoms with E-state index in [1.165, 1.54) is 7.11 Å². The van der Waals surface area contributed by atoms with Gasteiger partial charge in [-0.3, -0.25) is 0 Å². The third kappa shape index (κ3) is 4.37. The Bertz CT molecular complexity index is 910. The molecule has 0 aromatic heterocycles. The van der Waals surface area contributed by atoms with E-state index in [4.69, 9.17) is 33.4 Å². The fourth-order valence-electron chi connectivity index (χ4n) is 3.21. The van der Waals surface area contributed by atoms with E-state index < -0.39 is 19.6 Å². The second-order valence-electron chi connectivity index (χ2n) is 6.45. The molecule has 158 valence electrons. The summed E-state index contributed by atoms with van der Waals surface area (Å²) in [4.78, 5) is 14.1. The Labute approximate surface area is 175 Å². The molecule has 0 saturated carbocycles. The molecule has 0 amide bonds. The van der Waals surface area contributed by atoms with Crippen LogP contribution in [0.25, 0.3) is 0 Å². The number of hydrogen-bond acceptors (Lipinski definition) is 8. The van der Waals surface area contributed by atoms with E-state index in [1.54, 1.807) is 48.5 Å². The summed E-state index contributed by atoms with van der Waals surface area (Å²) >= 11 is 0. The van der Waals surface area contributed by atoms with Crippen LogP contribution in [0.3, 0.4) is 0 Å². The van der Waals surface area contributed by atoms with Crippen LogP contribution in [0.15, 0.2) is 60.7 Å². The van der Waals surface area contributed by atoms with E-state index in [9.17, 15) is 4.89 Å². The molecule has 2 aromatic rings. The van der Waals surface area contributed by atoms with Crippen LogP contribution in [0.2, 0.25) is 0 Å². The molecule has 3 rings (SSSR count). The molecular weight excluding hydrogens is 407 g/mol. The van der Waals surface area contributed by atoms with Gasteiger partial charge in [0.25, 0.3) is 0 Å². The molecule has 1 fully saturated rings. The van der Waals surface area contributed by atoms with Crippen LogP contribution in [0.4, 0.5) is 0 Å². The predicted octanol–water partition coefficient (Wildman–Crippen LogP) is 3.62. The van der Waals surface area contributed by atoms with E-state index in [-0.39, 0.29) is 26.1 Å². The molecular formula is C21H22N2O6P-. The van der Waals surface area contributed by atoms with Crippen molar-refractivity contribution in [2.24, 2.45) is 0 Å². The van der Waals surface area contributed by atoms with Crippen molar-refractivity contribution in [1.29, 1.82) is 10.5 Å². The van der Waals surface area contributed by atoms with Crippen LogP contribution >= 0.6 is 7.74 Å². The van der Waals surface area contributed by atoms with Crippen LogP contribution in [-0.4, -0.2) is 20.3 Å². The first kappa shape index (κ1) is 22.3. The van der Waals surface area contributed by atoms with Gasteiger partial charge in [0, 0.05) is 0 Å². The first-order valence-corrected chi connectivity index (χ1v) is 11.2. The van der Waals surface area contributed by atoms with Crippen molar-refractivity contribution in [3.8, 4) is 12.1 Å². The third-order valence-corrected chi connectivity index (χ3v) is 6.85. The molecule has 0 N–H and O–H groups in total. The molecule has 2 atom stereocenters. The van der Waals surface area contributed by atoms with Crippen molar-refractivity contribution in [2.45, 2.75) is 24.7 Å². The molecule has 1 aliphatic heterocycles. The number of nitriles is 2. The molecule has 0 spiro atoms. The molecule has 1 saturated heterocycles. The molecule has 2 unspecified atom stereocenters. The molecule has 1 aliphatic rings. The summed E-state index contributed by atoms with van der Waals surface area (Å²) in [5.41, 5.74) is 1.16. The number of rotatable bonds is 9. The third-order valence-electron chi connectivity index (χ3n) is 4.52. The van der Waals surface area contributed by atoms with Crippen molar-refractivity contribution < 1.29 is 27.7 Å². The zero-order valence-electron chi connectivity index (χ0n) is 16.5. The molecule has 0 aliphatic carbocycles. The van der Waals surface area contributed by atoms with Gasteiger partial charge in [0.2, 0.25) is 0 Å². The van der Waals surface area contributed by atoms with Crippen molar-refractivity contribution in [3.05, 3.63) is 71.8 Å². The Kier molecular flexibility index (Phi) is 6.82. The van der Waals surface area contributed by atoms with Gasteiger partial charge >= 0.3 is 175 Å². The summed E-state index contributed by atoms with van der Waals surface area (Å²) in [7, 11) is -4.06. The van der Waals surface area contributed by atoms with Crippen molar-refractivity contribution >= 4 is 7.74 Å². The van der Waals surface area contributed by atoms with Crippen LogP contribution in [0.5, 0.6) is 0 Å². The van der Waals surface area contributed by atoms with Gasteiger partial charge in [0.05, 0.1) is 0 Å². The van der Waals surface area contributed by atoms with E-state index in [0.29, 0.717) is 11.1 Å². The van der Waals surface area contributed by atoms with E-state index >= 15 is 0 Å². The van der Waals surface area contributed by atoms with E-state index in [1.807, 2.05) is 24.3 Å². The first-order valence-electron chi connectivity index (χ1n) is 9.35. The second-order valence-corrected chi connectivity index (χ2v) is 8.85. The zero-order chi connectivity index (χ0) is 21.5. The SMILES string of the molecule is COC1(c2ccccc2)OP([O-])(OCCC#N)(OCCC#N)OC1c1ccccc1. The quantitative estimate of drug-likeness (QED) is 0.438. The average molecular weight is 429 g/mol. The Morgan fingerprint density at radius 2 is 1.50 bits per heavy atom. The number of nitrogens with zero attached hydrogens (tertiary/aromatic N) is 2. The molecule has 0 radical (unpaired) electrons. The summed E-state index contributed by atoms with van der Waals surface area (Å²) in [5.74, 6) is -1.65. The molecule has 30 heavy (non-hydrogen) atoms. The minimum atomic E-state index is -5.47. The predicted molar refractivity (Wildman–Crippen MR) is 106 cm³/mol. The van der Waals surface area contributed by atoms with Crippen molar-refractivity contribution in [3.63, 3.8) is 0 Å². The van der Waals surface area contributed by atoms with Gasteiger partial charge in [0.15, 0.2) is 0 Å². The molecule has 1 heterocycles. The summed E-state index contributed by atoms with van der Waals surface area (Å²) in [5, 5.41) is 17.7. The Morgan fingerprint density at radius 1 is 0.967 bits per heavy atom. The number of benzene rings is 2. The van der Waals surface area contributed by atoms with E-state index in [0.717, 1.165) is 0 Å². The maximum atomic E-state index is 14.1. The van der Waals surface area contributed by atoms with Crippen LogP contribution < -0.4 is 4.89 Å². The zero-order valence-corrected chi connectivity index (χ0v) is 17.4. The van der Waals surface area contributed by atoms with Gasteiger partial charge in [-0.1, -0.05) is 0 Å². The summed E-state index contributed by atoms with van der Waals surface area (Å²) < 4.78 is 28.7. The Hall–Kier alpha value is -2.39. The maximum absolute atomic E-state index is 14.1. The van der Waals surface area contributed by atoms with Crippen LogP contribution in [-0.2, 0) is 28.6 Å². The van der Waals surface area contributed by atoms with Gasteiger partial charge in [-0.15, -0.1) is 0 Å². The number of methoxy groups -OCH3 is 1. The minimum absolute atomic E-state index is 0.0597. The molecule has 8 nitrogen and oxygen atoms in total. The van der Waals surface area contributed by atoms with Crippen molar-refractivity contribution in [1.82, 2.24) is 0 Å².